The Balaban J connectivity index is 3.50. The Labute approximate surface area is 97.6 Å². The van der Waals surface area contributed by atoms with Gasteiger partial charge in [-0.2, -0.15) is 0 Å². The second kappa shape index (κ2) is 8.91. The number of hydrogen-bond donors (Lipinski definition) is 2. The molecule has 0 aliphatic carbocycles. The van der Waals surface area contributed by atoms with Crippen LogP contribution >= 0.6 is 7.60 Å². The van der Waals surface area contributed by atoms with Crippen molar-refractivity contribution >= 4 is 13.9 Å². The van der Waals surface area contributed by atoms with Crippen LogP contribution in [0.2, 0.25) is 0 Å². The van der Waals surface area contributed by atoms with Crippen molar-refractivity contribution in [1.29, 1.82) is 0 Å². The first-order valence-corrected chi connectivity index (χ1v) is 7.71. The van der Waals surface area contributed by atoms with Crippen molar-refractivity contribution in [2.75, 3.05) is 0 Å². The van der Waals surface area contributed by atoms with E-state index in [2.05, 4.69) is 6.92 Å². The molecule has 2 N–H and O–H groups in total. The molecule has 5 heteroatoms. The Morgan fingerprint density at radius 3 is 2.00 bits per heavy atom. The minimum Gasteiger partial charge on any atom is -0.324 e. The summed E-state index contributed by atoms with van der Waals surface area (Å²) in [6, 6.07) is 0. The van der Waals surface area contributed by atoms with E-state index >= 15 is 0 Å². The second-order valence-corrected chi connectivity index (χ2v) is 6.04. The number of carbonyl (C=O) groups excluding carboxylic acids is 1. The van der Waals surface area contributed by atoms with Gasteiger partial charge in [-0.15, -0.1) is 0 Å². The molecule has 0 saturated carbocycles. The van der Waals surface area contributed by atoms with Crippen molar-refractivity contribution in [3.63, 3.8) is 0 Å². The van der Waals surface area contributed by atoms with Crippen LogP contribution in [0.4, 0.5) is 0 Å². The summed E-state index contributed by atoms with van der Waals surface area (Å²) in [5.41, 5.74) is -1.09. The molecule has 0 bridgehead atoms. The third-order valence-electron chi connectivity index (χ3n) is 2.69. The molecule has 0 aromatic carbocycles. The molecule has 0 radical (unpaired) electrons. The van der Waals surface area contributed by atoms with Crippen LogP contribution in [0.5, 0.6) is 0 Å². The molecule has 0 saturated heterocycles. The average molecular weight is 250 g/mol. The summed E-state index contributed by atoms with van der Waals surface area (Å²) in [7, 11) is -4.21. The molecule has 0 aliphatic heterocycles. The highest BCUT2D eigenvalue weighted by atomic mass is 31.2. The molecule has 4 nitrogen and oxygen atoms in total. The maximum atomic E-state index is 10.8. The Kier molecular flexibility index (Phi) is 8.81. The maximum Gasteiger partial charge on any atom is 0.335 e. The van der Waals surface area contributed by atoms with E-state index in [0.717, 1.165) is 19.3 Å². The third-order valence-corrected chi connectivity index (χ3v) is 3.94. The van der Waals surface area contributed by atoms with Crippen molar-refractivity contribution in [3.8, 4) is 0 Å². The van der Waals surface area contributed by atoms with Crippen molar-refractivity contribution in [2.45, 2.75) is 63.9 Å². The number of carbonyl (C=O) groups is 1. The largest absolute Gasteiger partial charge is 0.335 e. The SMILES string of the molecule is CCCCCCCCCC(C=O)P(=O)(O)O. The third kappa shape index (κ3) is 8.03. The number of hydrogen-bond acceptors (Lipinski definition) is 2. The molecule has 0 fully saturated rings. The lowest BCUT2D eigenvalue weighted by atomic mass is 10.1. The molecule has 1 unspecified atom stereocenters. The van der Waals surface area contributed by atoms with Gasteiger partial charge in [0.2, 0.25) is 0 Å². The van der Waals surface area contributed by atoms with Gasteiger partial charge in [0.25, 0.3) is 0 Å². The zero-order valence-corrected chi connectivity index (χ0v) is 10.9. The first-order chi connectivity index (χ1) is 7.52. The molecule has 0 heterocycles. The highest BCUT2D eigenvalue weighted by Crippen LogP contribution is 2.42. The van der Waals surface area contributed by atoms with E-state index in [1.807, 2.05) is 0 Å². The van der Waals surface area contributed by atoms with Crippen LogP contribution in [0.1, 0.15) is 58.3 Å². The maximum absolute atomic E-state index is 10.8. The zero-order valence-electron chi connectivity index (χ0n) is 9.97. The van der Waals surface area contributed by atoms with Crippen LogP contribution in [0, 0.1) is 0 Å². The number of rotatable bonds is 10. The van der Waals surface area contributed by atoms with E-state index in [1.165, 1.54) is 25.7 Å². The fourth-order valence-corrected chi connectivity index (χ4v) is 2.30. The van der Waals surface area contributed by atoms with E-state index in [0.29, 0.717) is 12.7 Å². The lowest BCUT2D eigenvalue weighted by Gasteiger charge is -2.11. The van der Waals surface area contributed by atoms with Crippen molar-refractivity contribution in [3.05, 3.63) is 0 Å². The van der Waals surface area contributed by atoms with Crippen molar-refractivity contribution in [2.24, 2.45) is 0 Å². The summed E-state index contributed by atoms with van der Waals surface area (Å²) in [6.07, 6.45) is 8.33. The lowest BCUT2D eigenvalue weighted by Crippen LogP contribution is -2.09. The Hall–Kier alpha value is -0.180. The quantitative estimate of drug-likeness (QED) is 0.355. The molecule has 16 heavy (non-hydrogen) atoms. The second-order valence-electron chi connectivity index (χ2n) is 4.20. The molecule has 96 valence electrons. The first kappa shape index (κ1) is 15.8. The predicted octanol–water partition coefficient (Wildman–Crippen LogP) is 2.87. The van der Waals surface area contributed by atoms with Crippen LogP contribution in [-0.4, -0.2) is 21.7 Å². The molecular formula is C11H23O4P. The van der Waals surface area contributed by atoms with Gasteiger partial charge in [-0.25, -0.2) is 0 Å². The van der Waals surface area contributed by atoms with Gasteiger partial charge in [0.05, 0.1) is 0 Å². The van der Waals surface area contributed by atoms with E-state index in [1.54, 1.807) is 0 Å². The van der Waals surface area contributed by atoms with Gasteiger partial charge < -0.3 is 14.6 Å². The minimum atomic E-state index is -4.21. The van der Waals surface area contributed by atoms with E-state index in [-0.39, 0.29) is 0 Å². The van der Waals surface area contributed by atoms with Gasteiger partial charge in [-0.05, 0) is 6.42 Å². The summed E-state index contributed by atoms with van der Waals surface area (Å²) in [6.45, 7) is 2.16. The predicted molar refractivity (Wildman–Crippen MR) is 64.5 cm³/mol. The first-order valence-electron chi connectivity index (χ1n) is 6.03. The standard InChI is InChI=1S/C11H23O4P/c1-2-3-4-5-6-7-8-9-11(10-12)16(13,14)15/h10-11H,2-9H2,1H3,(H2,13,14,15). The normalized spacial score (nSPS) is 13.7. The van der Waals surface area contributed by atoms with Gasteiger partial charge in [0.15, 0.2) is 0 Å². The van der Waals surface area contributed by atoms with Crippen LogP contribution < -0.4 is 0 Å². The summed E-state index contributed by atoms with van der Waals surface area (Å²) >= 11 is 0. The molecule has 0 amide bonds. The van der Waals surface area contributed by atoms with E-state index in [4.69, 9.17) is 9.79 Å². The summed E-state index contributed by atoms with van der Waals surface area (Å²) in [5, 5.41) is 0. The van der Waals surface area contributed by atoms with Crippen molar-refractivity contribution < 1.29 is 19.1 Å². The molecule has 0 aromatic rings. The molecule has 0 rings (SSSR count). The van der Waals surface area contributed by atoms with Gasteiger partial charge in [0.1, 0.15) is 11.9 Å². The van der Waals surface area contributed by atoms with Crippen LogP contribution in [0.15, 0.2) is 0 Å². The fraction of sp³-hybridized carbons (Fsp3) is 0.909. The summed E-state index contributed by atoms with van der Waals surface area (Å²) in [4.78, 5) is 28.1. The van der Waals surface area contributed by atoms with Gasteiger partial charge in [0, 0.05) is 0 Å². The topological polar surface area (TPSA) is 74.6 Å². The van der Waals surface area contributed by atoms with Gasteiger partial charge in [-0.3, -0.25) is 4.57 Å². The molecular weight excluding hydrogens is 227 g/mol. The highest BCUT2D eigenvalue weighted by Gasteiger charge is 2.27. The molecule has 0 aromatic heterocycles. The minimum absolute atomic E-state index is 0.307. The van der Waals surface area contributed by atoms with E-state index in [9.17, 15) is 9.36 Å². The van der Waals surface area contributed by atoms with Crippen LogP contribution in [0.3, 0.4) is 0 Å². The van der Waals surface area contributed by atoms with Gasteiger partial charge in [-0.1, -0.05) is 51.9 Å². The summed E-state index contributed by atoms with van der Waals surface area (Å²) in [5.74, 6) is 0. The van der Waals surface area contributed by atoms with Crippen molar-refractivity contribution in [1.82, 2.24) is 0 Å². The zero-order chi connectivity index (χ0) is 12.4. The van der Waals surface area contributed by atoms with E-state index < -0.39 is 13.3 Å². The smallest absolute Gasteiger partial charge is 0.324 e. The number of unbranched alkanes of at least 4 members (excludes halogenated alkanes) is 6. The monoisotopic (exact) mass is 250 g/mol. The Morgan fingerprint density at radius 1 is 1.06 bits per heavy atom. The molecule has 0 spiro atoms. The number of aldehydes is 1. The summed E-state index contributed by atoms with van der Waals surface area (Å²) < 4.78 is 10.8. The molecule has 0 aliphatic rings. The molecule has 1 atom stereocenters. The average Bonchev–Trinajstić information content (AvgIpc) is 2.20. The fourth-order valence-electron chi connectivity index (χ4n) is 1.63. The van der Waals surface area contributed by atoms with Crippen LogP contribution in [0.25, 0.3) is 0 Å². The Morgan fingerprint density at radius 2 is 1.56 bits per heavy atom. The Bertz CT molecular complexity index is 224. The lowest BCUT2D eigenvalue weighted by molar-refractivity contribution is -0.107. The van der Waals surface area contributed by atoms with Gasteiger partial charge >= 0.3 is 7.60 Å². The van der Waals surface area contributed by atoms with Crippen LogP contribution in [-0.2, 0) is 9.36 Å². The highest BCUT2D eigenvalue weighted by molar-refractivity contribution is 7.53.